The van der Waals surface area contributed by atoms with Crippen molar-refractivity contribution >= 4 is 11.3 Å². The Morgan fingerprint density at radius 1 is 1.56 bits per heavy atom. The van der Waals surface area contributed by atoms with Gasteiger partial charge in [-0.3, -0.25) is 0 Å². The molecular formula is C14H18N2OS. The van der Waals surface area contributed by atoms with Crippen LogP contribution in [-0.2, 0) is 13.0 Å². The van der Waals surface area contributed by atoms with Crippen molar-refractivity contribution in [2.45, 2.75) is 38.8 Å². The molecule has 1 saturated carbocycles. The maximum absolute atomic E-state index is 10.1. The molecule has 2 aromatic rings. The minimum Gasteiger partial charge on any atom is -0.388 e. The van der Waals surface area contributed by atoms with E-state index in [1.54, 1.807) is 11.3 Å². The number of aromatic nitrogens is 2. The topological polar surface area (TPSA) is 38.0 Å². The molecule has 2 heterocycles. The minimum absolute atomic E-state index is 0.270. The van der Waals surface area contributed by atoms with E-state index in [2.05, 4.69) is 21.9 Å². The first-order valence-electron chi connectivity index (χ1n) is 6.53. The number of hydrogen-bond donors (Lipinski definition) is 1. The Balaban J connectivity index is 1.69. The Hall–Kier alpha value is -1.13. The van der Waals surface area contributed by atoms with Crippen molar-refractivity contribution in [2.24, 2.45) is 5.92 Å². The zero-order valence-corrected chi connectivity index (χ0v) is 11.4. The van der Waals surface area contributed by atoms with Gasteiger partial charge in [0.05, 0.1) is 23.4 Å². The van der Waals surface area contributed by atoms with Crippen molar-refractivity contribution in [3.05, 3.63) is 40.1 Å². The van der Waals surface area contributed by atoms with Gasteiger partial charge in [-0.1, -0.05) is 6.92 Å². The first kappa shape index (κ1) is 11.9. The second-order valence-corrected chi connectivity index (χ2v) is 5.93. The van der Waals surface area contributed by atoms with E-state index in [0.717, 1.165) is 37.1 Å². The Labute approximate surface area is 111 Å². The molecule has 0 spiro atoms. The molecule has 2 aromatic heterocycles. The van der Waals surface area contributed by atoms with Gasteiger partial charge in [-0.25, -0.2) is 4.98 Å². The van der Waals surface area contributed by atoms with Crippen molar-refractivity contribution < 1.29 is 5.11 Å². The summed E-state index contributed by atoms with van der Waals surface area (Å²) >= 11 is 1.72. The summed E-state index contributed by atoms with van der Waals surface area (Å²) in [5, 5.41) is 13.4. The number of aryl methyl sites for hydroxylation is 1. The molecule has 1 N–H and O–H groups in total. The molecule has 18 heavy (non-hydrogen) atoms. The van der Waals surface area contributed by atoms with E-state index in [0.29, 0.717) is 5.92 Å². The summed E-state index contributed by atoms with van der Waals surface area (Å²) in [6, 6.07) is 2.02. The van der Waals surface area contributed by atoms with Crippen molar-refractivity contribution in [3.8, 4) is 0 Å². The van der Waals surface area contributed by atoms with Crippen molar-refractivity contribution in [3.63, 3.8) is 0 Å². The van der Waals surface area contributed by atoms with E-state index in [4.69, 9.17) is 0 Å². The highest BCUT2D eigenvalue weighted by Crippen LogP contribution is 2.40. The fourth-order valence-electron chi connectivity index (χ4n) is 2.19. The van der Waals surface area contributed by atoms with Gasteiger partial charge in [0.2, 0.25) is 0 Å². The molecule has 0 radical (unpaired) electrons. The standard InChI is InChI=1S/C14H18N2OS/c1-2-13-15-12(9-18-13)8-16-6-5-11(7-16)14(17)10-3-4-10/h5-7,9-10,14,17H,2-4,8H2,1H3. The number of aliphatic hydroxyl groups is 1. The maximum Gasteiger partial charge on any atom is 0.0926 e. The highest BCUT2D eigenvalue weighted by Gasteiger charge is 2.31. The summed E-state index contributed by atoms with van der Waals surface area (Å²) in [6.45, 7) is 2.93. The fourth-order valence-corrected chi connectivity index (χ4v) is 2.92. The number of hydrogen-bond acceptors (Lipinski definition) is 3. The monoisotopic (exact) mass is 262 g/mol. The summed E-state index contributed by atoms with van der Waals surface area (Å²) in [5.41, 5.74) is 2.16. The average Bonchev–Trinajstić information content (AvgIpc) is 2.96. The van der Waals surface area contributed by atoms with E-state index in [9.17, 15) is 5.11 Å². The molecule has 0 aliphatic heterocycles. The molecule has 4 heteroatoms. The van der Waals surface area contributed by atoms with Crippen LogP contribution in [0.4, 0.5) is 0 Å². The summed E-state index contributed by atoms with van der Waals surface area (Å²) in [7, 11) is 0. The third kappa shape index (κ3) is 2.49. The molecule has 1 atom stereocenters. The van der Waals surface area contributed by atoms with Crippen LogP contribution in [0.2, 0.25) is 0 Å². The van der Waals surface area contributed by atoms with Crippen LogP contribution in [-0.4, -0.2) is 14.7 Å². The summed E-state index contributed by atoms with van der Waals surface area (Å²) in [4.78, 5) is 4.56. The molecular weight excluding hydrogens is 244 g/mol. The molecule has 3 nitrogen and oxygen atoms in total. The Bertz CT molecular complexity index is 527. The molecule has 1 fully saturated rings. The van der Waals surface area contributed by atoms with Gasteiger partial charge in [0.25, 0.3) is 0 Å². The van der Waals surface area contributed by atoms with E-state index < -0.39 is 0 Å². The van der Waals surface area contributed by atoms with Crippen LogP contribution < -0.4 is 0 Å². The van der Waals surface area contributed by atoms with Gasteiger partial charge in [0.1, 0.15) is 0 Å². The lowest BCUT2D eigenvalue weighted by Gasteiger charge is -2.05. The summed E-state index contributed by atoms with van der Waals surface area (Å²) < 4.78 is 2.11. The minimum atomic E-state index is -0.270. The van der Waals surface area contributed by atoms with E-state index in [-0.39, 0.29) is 6.10 Å². The molecule has 0 amide bonds. The van der Waals surface area contributed by atoms with Gasteiger partial charge in [-0.05, 0) is 36.8 Å². The van der Waals surface area contributed by atoms with Crippen LogP contribution in [0.15, 0.2) is 23.8 Å². The quantitative estimate of drug-likeness (QED) is 0.899. The second-order valence-electron chi connectivity index (χ2n) is 4.99. The Morgan fingerprint density at radius 2 is 2.39 bits per heavy atom. The second kappa shape index (κ2) is 4.86. The van der Waals surface area contributed by atoms with Crippen LogP contribution in [0.5, 0.6) is 0 Å². The number of nitrogens with zero attached hydrogens (tertiary/aromatic N) is 2. The first-order valence-corrected chi connectivity index (χ1v) is 7.41. The molecule has 0 aromatic carbocycles. The van der Waals surface area contributed by atoms with Crippen LogP contribution in [0.1, 0.15) is 42.1 Å². The maximum atomic E-state index is 10.1. The third-order valence-electron chi connectivity index (χ3n) is 3.43. The lowest BCUT2D eigenvalue weighted by Crippen LogP contribution is -2.00. The molecule has 96 valence electrons. The molecule has 0 saturated heterocycles. The highest BCUT2D eigenvalue weighted by molar-refractivity contribution is 7.09. The normalized spacial score (nSPS) is 17.0. The van der Waals surface area contributed by atoms with Gasteiger partial charge in [0.15, 0.2) is 0 Å². The first-order chi connectivity index (χ1) is 8.76. The van der Waals surface area contributed by atoms with Gasteiger partial charge in [-0.15, -0.1) is 11.3 Å². The SMILES string of the molecule is CCc1nc(Cn2ccc(C(O)C3CC3)c2)cs1. The summed E-state index contributed by atoms with van der Waals surface area (Å²) in [6.07, 6.45) is 7.14. The van der Waals surface area contributed by atoms with Crippen LogP contribution >= 0.6 is 11.3 Å². The Morgan fingerprint density at radius 3 is 3.06 bits per heavy atom. The van der Waals surface area contributed by atoms with E-state index in [1.807, 2.05) is 18.5 Å². The summed E-state index contributed by atoms with van der Waals surface area (Å²) in [5.74, 6) is 0.492. The van der Waals surface area contributed by atoms with Gasteiger partial charge in [-0.2, -0.15) is 0 Å². The van der Waals surface area contributed by atoms with Gasteiger partial charge in [0, 0.05) is 17.8 Å². The predicted molar refractivity (Wildman–Crippen MR) is 72.7 cm³/mol. The zero-order chi connectivity index (χ0) is 12.5. The zero-order valence-electron chi connectivity index (χ0n) is 10.5. The third-order valence-corrected chi connectivity index (χ3v) is 4.47. The van der Waals surface area contributed by atoms with Gasteiger partial charge >= 0.3 is 0 Å². The highest BCUT2D eigenvalue weighted by atomic mass is 32.1. The van der Waals surface area contributed by atoms with E-state index >= 15 is 0 Å². The fraction of sp³-hybridized carbons (Fsp3) is 0.500. The van der Waals surface area contributed by atoms with Crippen LogP contribution in [0.3, 0.4) is 0 Å². The van der Waals surface area contributed by atoms with Crippen LogP contribution in [0, 0.1) is 5.92 Å². The smallest absolute Gasteiger partial charge is 0.0926 e. The van der Waals surface area contributed by atoms with E-state index in [1.165, 1.54) is 5.01 Å². The van der Waals surface area contributed by atoms with Crippen molar-refractivity contribution in [1.82, 2.24) is 9.55 Å². The number of rotatable bonds is 5. The predicted octanol–water partition coefficient (Wildman–Crippen LogP) is 3.00. The molecule has 1 aliphatic carbocycles. The Kier molecular flexibility index (Phi) is 3.22. The van der Waals surface area contributed by atoms with Crippen molar-refractivity contribution in [2.75, 3.05) is 0 Å². The lowest BCUT2D eigenvalue weighted by atomic mass is 10.1. The molecule has 1 unspecified atom stereocenters. The van der Waals surface area contributed by atoms with Crippen molar-refractivity contribution in [1.29, 1.82) is 0 Å². The van der Waals surface area contributed by atoms with Gasteiger partial charge < -0.3 is 9.67 Å². The average molecular weight is 262 g/mol. The van der Waals surface area contributed by atoms with Crippen LogP contribution in [0.25, 0.3) is 0 Å². The molecule has 0 bridgehead atoms. The number of aliphatic hydroxyl groups excluding tert-OH is 1. The largest absolute Gasteiger partial charge is 0.388 e. The molecule has 1 aliphatic rings. The number of thiazole rings is 1. The molecule has 3 rings (SSSR count). The lowest BCUT2D eigenvalue weighted by molar-refractivity contribution is 0.154.